The zero-order valence-corrected chi connectivity index (χ0v) is 9.44. The standard InChI is InChI=1S/C9H12N2OS2/c12-8(7-3-1-2-4-7)5-13-9-11-10-6-14-9/h6-7H,1-5H2. The van der Waals surface area contributed by atoms with E-state index in [1.54, 1.807) is 5.51 Å². The largest absolute Gasteiger partial charge is 0.298 e. The van der Waals surface area contributed by atoms with Gasteiger partial charge in [0.1, 0.15) is 11.3 Å². The van der Waals surface area contributed by atoms with Gasteiger partial charge in [0.2, 0.25) is 0 Å². The maximum absolute atomic E-state index is 11.7. The van der Waals surface area contributed by atoms with Gasteiger partial charge in [-0.15, -0.1) is 10.2 Å². The Balaban J connectivity index is 1.77. The van der Waals surface area contributed by atoms with E-state index in [9.17, 15) is 4.79 Å². The molecule has 0 saturated heterocycles. The minimum absolute atomic E-state index is 0.329. The SMILES string of the molecule is O=C(CSc1nncs1)C1CCCC1. The number of carbonyl (C=O) groups is 1. The van der Waals surface area contributed by atoms with Gasteiger partial charge < -0.3 is 0 Å². The summed E-state index contributed by atoms with van der Waals surface area (Å²) in [5.74, 6) is 1.29. The van der Waals surface area contributed by atoms with Crippen molar-refractivity contribution in [1.29, 1.82) is 0 Å². The van der Waals surface area contributed by atoms with E-state index in [0.717, 1.165) is 17.2 Å². The van der Waals surface area contributed by atoms with Crippen molar-refractivity contribution in [2.24, 2.45) is 5.92 Å². The van der Waals surface area contributed by atoms with Crippen LogP contribution in [-0.4, -0.2) is 21.7 Å². The first-order valence-electron chi connectivity index (χ1n) is 4.78. The Morgan fingerprint density at radius 3 is 3.00 bits per heavy atom. The zero-order valence-electron chi connectivity index (χ0n) is 7.81. The van der Waals surface area contributed by atoms with Crippen molar-refractivity contribution in [3.8, 4) is 0 Å². The average Bonchev–Trinajstić information content (AvgIpc) is 2.87. The van der Waals surface area contributed by atoms with Crippen LogP contribution in [0.3, 0.4) is 0 Å². The topological polar surface area (TPSA) is 42.9 Å². The van der Waals surface area contributed by atoms with Crippen molar-refractivity contribution in [2.75, 3.05) is 5.75 Å². The van der Waals surface area contributed by atoms with Crippen molar-refractivity contribution < 1.29 is 4.79 Å². The lowest BCUT2D eigenvalue weighted by atomic mass is 10.0. The molecule has 0 bridgehead atoms. The van der Waals surface area contributed by atoms with Gasteiger partial charge in [0.25, 0.3) is 0 Å². The van der Waals surface area contributed by atoms with Crippen LogP contribution in [-0.2, 0) is 4.79 Å². The Hall–Kier alpha value is -0.420. The van der Waals surface area contributed by atoms with Crippen LogP contribution in [0.4, 0.5) is 0 Å². The molecule has 0 N–H and O–H groups in total. The second-order valence-electron chi connectivity index (χ2n) is 3.44. The highest BCUT2D eigenvalue weighted by Crippen LogP contribution is 2.28. The monoisotopic (exact) mass is 228 g/mol. The summed E-state index contributed by atoms with van der Waals surface area (Å²) in [6.07, 6.45) is 4.63. The number of ketones is 1. The van der Waals surface area contributed by atoms with Gasteiger partial charge in [-0.2, -0.15) is 0 Å². The fourth-order valence-electron chi connectivity index (χ4n) is 1.72. The number of thioether (sulfide) groups is 1. The van der Waals surface area contributed by atoms with Gasteiger partial charge in [-0.3, -0.25) is 4.79 Å². The van der Waals surface area contributed by atoms with Crippen LogP contribution < -0.4 is 0 Å². The molecule has 0 aromatic carbocycles. The summed E-state index contributed by atoms with van der Waals surface area (Å²) in [4.78, 5) is 11.7. The highest BCUT2D eigenvalue weighted by atomic mass is 32.2. The molecule has 1 aliphatic carbocycles. The predicted octanol–water partition coefficient (Wildman–Crippen LogP) is 2.39. The molecule has 1 heterocycles. The highest BCUT2D eigenvalue weighted by molar-refractivity contribution is 8.01. The van der Waals surface area contributed by atoms with E-state index in [1.165, 1.54) is 35.9 Å². The van der Waals surface area contributed by atoms with E-state index in [1.807, 2.05) is 0 Å². The quantitative estimate of drug-likeness (QED) is 0.742. The zero-order chi connectivity index (χ0) is 9.80. The lowest BCUT2D eigenvalue weighted by molar-refractivity contribution is -0.120. The summed E-state index contributed by atoms with van der Waals surface area (Å²) in [6.45, 7) is 0. The summed E-state index contributed by atoms with van der Waals surface area (Å²) in [5, 5.41) is 7.63. The first-order chi connectivity index (χ1) is 6.86. The number of nitrogens with zero attached hydrogens (tertiary/aromatic N) is 2. The summed E-state index contributed by atoms with van der Waals surface area (Å²) >= 11 is 3.01. The molecule has 0 radical (unpaired) electrons. The Morgan fingerprint density at radius 2 is 2.36 bits per heavy atom. The van der Waals surface area contributed by atoms with Crippen molar-refractivity contribution in [3.63, 3.8) is 0 Å². The highest BCUT2D eigenvalue weighted by Gasteiger charge is 2.22. The van der Waals surface area contributed by atoms with Crippen LogP contribution in [0, 0.1) is 5.92 Å². The van der Waals surface area contributed by atoms with Gasteiger partial charge in [-0.1, -0.05) is 35.9 Å². The number of Topliss-reactive ketones (excluding diaryl/α,β-unsaturated/α-hetero) is 1. The van der Waals surface area contributed by atoms with Crippen molar-refractivity contribution in [3.05, 3.63) is 5.51 Å². The van der Waals surface area contributed by atoms with Crippen LogP contribution in [0.15, 0.2) is 9.85 Å². The fourth-order valence-corrected chi connectivity index (χ4v) is 3.19. The van der Waals surface area contributed by atoms with E-state index in [4.69, 9.17) is 0 Å². The van der Waals surface area contributed by atoms with Gasteiger partial charge in [-0.25, -0.2) is 0 Å². The summed E-state index contributed by atoms with van der Waals surface area (Å²) in [5.41, 5.74) is 1.70. The smallest absolute Gasteiger partial charge is 0.174 e. The molecule has 14 heavy (non-hydrogen) atoms. The van der Waals surface area contributed by atoms with Crippen molar-refractivity contribution in [2.45, 2.75) is 30.0 Å². The molecule has 1 fully saturated rings. The Kier molecular flexibility index (Phi) is 3.53. The average molecular weight is 228 g/mol. The molecule has 1 aromatic heterocycles. The summed E-state index contributed by atoms with van der Waals surface area (Å²) in [7, 11) is 0. The molecule has 1 aromatic rings. The number of rotatable bonds is 4. The van der Waals surface area contributed by atoms with E-state index < -0.39 is 0 Å². The lowest BCUT2D eigenvalue weighted by Gasteiger charge is -2.05. The van der Waals surface area contributed by atoms with Crippen molar-refractivity contribution in [1.82, 2.24) is 10.2 Å². The molecule has 0 atom stereocenters. The molecule has 76 valence electrons. The molecule has 3 nitrogen and oxygen atoms in total. The van der Waals surface area contributed by atoms with E-state index in [2.05, 4.69) is 10.2 Å². The van der Waals surface area contributed by atoms with Gasteiger partial charge >= 0.3 is 0 Å². The number of aromatic nitrogens is 2. The molecule has 0 unspecified atom stereocenters. The molecule has 0 aliphatic heterocycles. The van der Waals surface area contributed by atoms with Crippen molar-refractivity contribution >= 4 is 28.9 Å². The van der Waals surface area contributed by atoms with Gasteiger partial charge in [0.05, 0.1) is 5.75 Å². The van der Waals surface area contributed by atoms with Crippen LogP contribution in [0.5, 0.6) is 0 Å². The Bertz CT molecular complexity index is 294. The molecule has 5 heteroatoms. The predicted molar refractivity (Wildman–Crippen MR) is 57.6 cm³/mol. The number of hydrogen-bond donors (Lipinski definition) is 0. The second kappa shape index (κ2) is 4.89. The number of hydrogen-bond acceptors (Lipinski definition) is 5. The first kappa shape index (κ1) is 10.1. The molecule has 1 saturated carbocycles. The molecular weight excluding hydrogens is 216 g/mol. The molecular formula is C9H12N2OS2. The Labute approximate surface area is 91.3 Å². The normalized spacial score (nSPS) is 17.4. The molecule has 0 amide bonds. The third-order valence-corrected chi connectivity index (χ3v) is 4.37. The van der Waals surface area contributed by atoms with Gasteiger partial charge in [0.15, 0.2) is 4.34 Å². The third-order valence-electron chi connectivity index (χ3n) is 2.49. The van der Waals surface area contributed by atoms with E-state index in [0.29, 0.717) is 17.5 Å². The second-order valence-corrected chi connectivity index (χ2v) is 5.50. The van der Waals surface area contributed by atoms with Crippen LogP contribution >= 0.6 is 23.1 Å². The van der Waals surface area contributed by atoms with Gasteiger partial charge in [-0.05, 0) is 12.8 Å². The minimum Gasteiger partial charge on any atom is -0.298 e. The maximum Gasteiger partial charge on any atom is 0.174 e. The van der Waals surface area contributed by atoms with Gasteiger partial charge in [0, 0.05) is 5.92 Å². The lowest BCUT2D eigenvalue weighted by Crippen LogP contribution is -2.12. The summed E-state index contributed by atoms with van der Waals surface area (Å²) in [6, 6.07) is 0. The fraction of sp³-hybridized carbons (Fsp3) is 0.667. The Morgan fingerprint density at radius 1 is 1.57 bits per heavy atom. The van der Waals surface area contributed by atoms with Crippen LogP contribution in [0.25, 0.3) is 0 Å². The van der Waals surface area contributed by atoms with E-state index in [-0.39, 0.29) is 0 Å². The minimum atomic E-state index is 0.329. The maximum atomic E-state index is 11.7. The van der Waals surface area contributed by atoms with Crippen LogP contribution in [0.2, 0.25) is 0 Å². The molecule has 0 spiro atoms. The molecule has 2 rings (SSSR count). The number of carbonyl (C=O) groups excluding carboxylic acids is 1. The van der Waals surface area contributed by atoms with E-state index >= 15 is 0 Å². The summed E-state index contributed by atoms with van der Waals surface area (Å²) < 4.78 is 0.899. The molecule has 1 aliphatic rings. The first-order valence-corrected chi connectivity index (χ1v) is 6.64. The third kappa shape index (κ3) is 2.54. The van der Waals surface area contributed by atoms with Crippen LogP contribution in [0.1, 0.15) is 25.7 Å².